The summed E-state index contributed by atoms with van der Waals surface area (Å²) < 4.78 is 28.4. The molecular formula is C13H18N2O3S. The van der Waals surface area contributed by atoms with Crippen LogP contribution < -0.4 is 9.44 Å². The average molecular weight is 282 g/mol. The summed E-state index contributed by atoms with van der Waals surface area (Å²) in [5.74, 6) is 5.59. The first-order valence-electron chi connectivity index (χ1n) is 5.93. The molecule has 0 fully saturated rings. The van der Waals surface area contributed by atoms with Gasteiger partial charge in [-0.3, -0.25) is 4.72 Å². The van der Waals surface area contributed by atoms with E-state index in [9.17, 15) is 8.42 Å². The standard InChI is InChI=1S/C13H18N2O3S/c1-11(2)14-19(17,18)15-13-9-4-3-7-12(13)8-5-6-10-16/h3-4,7,9,11,14-16H,6,10H2,1-2H3. The fourth-order valence-corrected chi connectivity index (χ4v) is 2.53. The molecule has 0 spiro atoms. The molecule has 0 heterocycles. The molecule has 1 rings (SSSR count). The van der Waals surface area contributed by atoms with Crippen molar-refractivity contribution in [3.05, 3.63) is 29.8 Å². The molecule has 0 aliphatic rings. The van der Waals surface area contributed by atoms with Gasteiger partial charge >= 0.3 is 0 Å². The van der Waals surface area contributed by atoms with Crippen molar-refractivity contribution >= 4 is 15.9 Å². The van der Waals surface area contributed by atoms with E-state index in [0.29, 0.717) is 17.7 Å². The van der Waals surface area contributed by atoms with Crippen molar-refractivity contribution in [1.29, 1.82) is 0 Å². The van der Waals surface area contributed by atoms with Crippen molar-refractivity contribution in [3.8, 4) is 11.8 Å². The van der Waals surface area contributed by atoms with E-state index < -0.39 is 10.2 Å². The fraction of sp³-hybridized carbons (Fsp3) is 0.385. The summed E-state index contributed by atoms with van der Waals surface area (Å²) in [6, 6.07) is 6.67. The van der Waals surface area contributed by atoms with Gasteiger partial charge in [0, 0.05) is 18.0 Å². The second-order valence-corrected chi connectivity index (χ2v) is 5.65. The van der Waals surface area contributed by atoms with Gasteiger partial charge in [0.1, 0.15) is 0 Å². The van der Waals surface area contributed by atoms with Crippen LogP contribution in [-0.4, -0.2) is 26.2 Å². The van der Waals surface area contributed by atoms with Crippen LogP contribution in [0.25, 0.3) is 0 Å². The van der Waals surface area contributed by atoms with Gasteiger partial charge in [-0.15, -0.1) is 0 Å². The van der Waals surface area contributed by atoms with E-state index >= 15 is 0 Å². The maximum atomic E-state index is 11.8. The van der Waals surface area contributed by atoms with Gasteiger partial charge < -0.3 is 5.11 Å². The normalized spacial score (nSPS) is 10.9. The van der Waals surface area contributed by atoms with Crippen molar-refractivity contribution in [1.82, 2.24) is 4.72 Å². The Balaban J connectivity index is 2.93. The Labute approximate surface area is 114 Å². The molecule has 19 heavy (non-hydrogen) atoms. The van der Waals surface area contributed by atoms with Crippen LogP contribution in [0.5, 0.6) is 0 Å². The van der Waals surface area contributed by atoms with Crippen molar-refractivity contribution in [2.45, 2.75) is 26.3 Å². The molecule has 6 heteroatoms. The number of anilines is 1. The minimum absolute atomic E-state index is 0.0181. The molecule has 0 unspecified atom stereocenters. The lowest BCUT2D eigenvalue weighted by atomic mass is 10.2. The molecule has 5 nitrogen and oxygen atoms in total. The summed E-state index contributed by atoms with van der Waals surface area (Å²) in [5.41, 5.74) is 0.992. The zero-order valence-corrected chi connectivity index (χ0v) is 11.8. The number of para-hydroxylation sites is 1. The van der Waals surface area contributed by atoms with E-state index in [1.807, 2.05) is 0 Å². The first-order valence-corrected chi connectivity index (χ1v) is 7.42. The van der Waals surface area contributed by atoms with Crippen LogP contribution in [0.2, 0.25) is 0 Å². The molecule has 0 saturated carbocycles. The zero-order chi connectivity index (χ0) is 14.3. The van der Waals surface area contributed by atoms with Crippen LogP contribution in [0.3, 0.4) is 0 Å². The second kappa shape index (κ2) is 7.14. The molecule has 0 atom stereocenters. The molecular weight excluding hydrogens is 264 g/mol. The van der Waals surface area contributed by atoms with Gasteiger partial charge in [-0.05, 0) is 26.0 Å². The number of aliphatic hydroxyl groups excluding tert-OH is 1. The smallest absolute Gasteiger partial charge is 0.299 e. The summed E-state index contributed by atoms with van der Waals surface area (Å²) in [4.78, 5) is 0. The summed E-state index contributed by atoms with van der Waals surface area (Å²) in [6.45, 7) is 3.47. The Morgan fingerprint density at radius 2 is 2.00 bits per heavy atom. The van der Waals surface area contributed by atoms with Gasteiger partial charge in [-0.2, -0.15) is 13.1 Å². The van der Waals surface area contributed by atoms with Crippen LogP contribution in [0.1, 0.15) is 25.8 Å². The Morgan fingerprint density at radius 3 is 2.63 bits per heavy atom. The number of rotatable bonds is 5. The van der Waals surface area contributed by atoms with Gasteiger partial charge in [0.25, 0.3) is 10.2 Å². The number of aliphatic hydroxyl groups is 1. The lowest BCUT2D eigenvalue weighted by Gasteiger charge is -2.12. The van der Waals surface area contributed by atoms with Crippen LogP contribution in [0.4, 0.5) is 5.69 Å². The van der Waals surface area contributed by atoms with E-state index in [2.05, 4.69) is 21.3 Å². The molecule has 0 saturated heterocycles. The number of benzene rings is 1. The third kappa shape index (κ3) is 5.75. The monoisotopic (exact) mass is 282 g/mol. The first kappa shape index (κ1) is 15.5. The number of hydrogen-bond acceptors (Lipinski definition) is 3. The Bertz CT molecular complexity index is 571. The van der Waals surface area contributed by atoms with E-state index in [1.54, 1.807) is 38.1 Å². The zero-order valence-electron chi connectivity index (χ0n) is 11.0. The molecule has 0 bridgehead atoms. The molecule has 1 aromatic rings. The van der Waals surface area contributed by atoms with Crippen LogP contribution >= 0.6 is 0 Å². The molecule has 0 aliphatic carbocycles. The van der Waals surface area contributed by atoms with Gasteiger partial charge in [0.15, 0.2) is 0 Å². The quantitative estimate of drug-likeness (QED) is 0.707. The fourth-order valence-electron chi connectivity index (χ4n) is 1.38. The third-order valence-electron chi connectivity index (χ3n) is 2.02. The van der Waals surface area contributed by atoms with Crippen molar-refractivity contribution in [3.63, 3.8) is 0 Å². The SMILES string of the molecule is CC(C)NS(=O)(=O)Nc1ccccc1C#CCCO. The summed E-state index contributed by atoms with van der Waals surface area (Å²) in [7, 11) is -3.60. The average Bonchev–Trinajstić information content (AvgIpc) is 2.29. The lowest BCUT2D eigenvalue weighted by molar-refractivity contribution is 0.305. The third-order valence-corrected chi connectivity index (χ3v) is 3.29. The Hall–Kier alpha value is -1.55. The van der Waals surface area contributed by atoms with Gasteiger partial charge in [0.2, 0.25) is 0 Å². The molecule has 0 amide bonds. The number of hydrogen-bond donors (Lipinski definition) is 3. The van der Waals surface area contributed by atoms with Crippen molar-refractivity contribution in [2.75, 3.05) is 11.3 Å². The predicted molar refractivity (Wildman–Crippen MR) is 75.8 cm³/mol. The first-order chi connectivity index (χ1) is 8.94. The van der Waals surface area contributed by atoms with Crippen molar-refractivity contribution in [2.24, 2.45) is 0 Å². The number of nitrogens with one attached hydrogen (secondary N) is 2. The second-order valence-electron chi connectivity index (χ2n) is 4.20. The van der Waals surface area contributed by atoms with Crippen molar-refractivity contribution < 1.29 is 13.5 Å². The van der Waals surface area contributed by atoms with Gasteiger partial charge in [-0.1, -0.05) is 24.0 Å². The highest BCUT2D eigenvalue weighted by molar-refractivity contribution is 7.90. The minimum Gasteiger partial charge on any atom is -0.395 e. The maximum Gasteiger partial charge on any atom is 0.299 e. The Morgan fingerprint density at radius 1 is 1.32 bits per heavy atom. The molecule has 104 valence electrons. The summed E-state index contributed by atoms with van der Waals surface area (Å²) in [5, 5.41) is 8.68. The lowest BCUT2D eigenvalue weighted by Crippen LogP contribution is -2.35. The van der Waals surface area contributed by atoms with E-state index in [0.717, 1.165) is 0 Å². The largest absolute Gasteiger partial charge is 0.395 e. The molecule has 1 aromatic carbocycles. The van der Waals surface area contributed by atoms with Crippen LogP contribution in [0.15, 0.2) is 24.3 Å². The Kier molecular flexibility index (Phi) is 5.83. The molecule has 3 N–H and O–H groups in total. The topological polar surface area (TPSA) is 78.4 Å². The summed E-state index contributed by atoms with van der Waals surface area (Å²) in [6.07, 6.45) is 0.353. The van der Waals surface area contributed by atoms with E-state index in [-0.39, 0.29) is 12.6 Å². The maximum absolute atomic E-state index is 11.8. The van der Waals surface area contributed by atoms with Gasteiger partial charge in [-0.25, -0.2) is 0 Å². The highest BCUT2D eigenvalue weighted by Crippen LogP contribution is 2.15. The molecule has 0 aromatic heterocycles. The predicted octanol–water partition coefficient (Wildman–Crippen LogP) is 1.08. The highest BCUT2D eigenvalue weighted by Gasteiger charge is 2.12. The van der Waals surface area contributed by atoms with Crippen LogP contribution in [0, 0.1) is 11.8 Å². The minimum atomic E-state index is -3.60. The van der Waals surface area contributed by atoms with Gasteiger partial charge in [0.05, 0.1) is 12.3 Å². The van der Waals surface area contributed by atoms with E-state index in [1.165, 1.54) is 0 Å². The summed E-state index contributed by atoms with van der Waals surface area (Å²) >= 11 is 0. The molecule has 0 radical (unpaired) electrons. The van der Waals surface area contributed by atoms with E-state index in [4.69, 9.17) is 5.11 Å². The van der Waals surface area contributed by atoms with Crippen LogP contribution in [-0.2, 0) is 10.2 Å². The molecule has 0 aliphatic heterocycles. The highest BCUT2D eigenvalue weighted by atomic mass is 32.2.